The molecule has 7 unspecified atom stereocenters. The van der Waals surface area contributed by atoms with Crippen LogP contribution in [-0.4, -0.2) is 27.6 Å². The first-order valence-corrected chi connectivity index (χ1v) is 20.6. The minimum Gasteiger partial charge on any atom is -0.333 e. The minimum absolute atomic E-state index is 0.178. The van der Waals surface area contributed by atoms with Crippen molar-refractivity contribution in [2.75, 3.05) is 0 Å². The van der Waals surface area contributed by atoms with Gasteiger partial charge < -0.3 is 4.57 Å². The molecule has 56 heavy (non-hydrogen) atoms. The fourth-order valence-corrected chi connectivity index (χ4v) is 10.6. The van der Waals surface area contributed by atoms with Crippen LogP contribution in [-0.2, 0) is 0 Å². The third-order valence-corrected chi connectivity index (χ3v) is 13.1. The Kier molecular flexibility index (Phi) is 8.32. The van der Waals surface area contributed by atoms with E-state index in [1.54, 1.807) is 0 Å². The van der Waals surface area contributed by atoms with Gasteiger partial charge in [0, 0.05) is 57.7 Å². The van der Waals surface area contributed by atoms with Crippen molar-refractivity contribution in [1.82, 2.24) is 9.47 Å². The predicted molar refractivity (Wildman–Crippen MR) is 236 cm³/mol. The minimum atomic E-state index is 0.178. The molecule has 0 spiro atoms. The first-order chi connectivity index (χ1) is 27.8. The molecular formula is C54H46N2. The quantitative estimate of drug-likeness (QED) is 0.169. The van der Waals surface area contributed by atoms with Crippen molar-refractivity contribution in [1.29, 1.82) is 0 Å². The Morgan fingerprint density at radius 2 is 1.27 bits per heavy atom. The zero-order valence-electron chi connectivity index (χ0n) is 31.6. The molecule has 0 saturated carbocycles. The summed E-state index contributed by atoms with van der Waals surface area (Å²) in [5.41, 5.74) is 11.9. The number of fused-ring (bicyclic) bond motifs is 6. The van der Waals surface area contributed by atoms with Gasteiger partial charge in [-0.3, -0.25) is 4.90 Å². The molecule has 1 aromatic heterocycles. The molecular weight excluding hydrogens is 677 g/mol. The lowest BCUT2D eigenvalue weighted by Crippen LogP contribution is -2.44. The van der Waals surface area contributed by atoms with E-state index in [0.29, 0.717) is 35.9 Å². The van der Waals surface area contributed by atoms with Gasteiger partial charge in [0.15, 0.2) is 0 Å². The number of rotatable bonds is 6. The highest BCUT2D eigenvalue weighted by Crippen LogP contribution is 2.47. The van der Waals surface area contributed by atoms with E-state index in [0.717, 1.165) is 19.3 Å². The third kappa shape index (κ3) is 5.74. The summed E-state index contributed by atoms with van der Waals surface area (Å²) in [5, 5.41) is 2.63. The standard InChI is InChI=1S/C54H46N2/c1-4-15-37(16-5-1)43-32-44(38-17-6-2-7-18-38)34-46(33-43)56-52-26-13-11-24-48(52)50-36-42(28-30-54(50)56)40-20-14-19-39(31-40)41-27-29-53-49(35-41)47-23-10-12-25-51(47)55(53)45-21-8-3-9-22-45/h1-18,20-21,23-33,35-36,39,45-47,49,51,53H,19,22,34H2. The maximum Gasteiger partial charge on any atom is 0.0572 e. The van der Waals surface area contributed by atoms with E-state index in [9.17, 15) is 0 Å². The smallest absolute Gasteiger partial charge is 0.0572 e. The summed E-state index contributed by atoms with van der Waals surface area (Å²) < 4.78 is 2.60. The Balaban J connectivity index is 0.943. The molecule has 2 heteroatoms. The average Bonchev–Trinajstić information content (AvgIpc) is 3.79. The highest BCUT2D eigenvalue weighted by Gasteiger charge is 2.48. The summed E-state index contributed by atoms with van der Waals surface area (Å²) in [6.07, 6.45) is 41.5. The summed E-state index contributed by atoms with van der Waals surface area (Å²) in [6, 6.07) is 39.5. The lowest BCUT2D eigenvalue weighted by atomic mass is 9.77. The molecule has 7 atom stereocenters. The van der Waals surface area contributed by atoms with Crippen molar-refractivity contribution in [3.05, 3.63) is 223 Å². The molecule has 2 nitrogen and oxygen atoms in total. The SMILES string of the molecule is C1=CCC(N2C3C=CC=CC3C3C=C(C4C=C(c5ccc6c(c5)c5ccccc5n6C5C=C(c6ccccc6)C=C(c6ccccc6)C5)C=CC4)C=CC32)C=C1. The van der Waals surface area contributed by atoms with Gasteiger partial charge >= 0.3 is 0 Å². The van der Waals surface area contributed by atoms with E-state index in [-0.39, 0.29) is 6.04 Å². The number of hydrogen-bond acceptors (Lipinski definition) is 1. The summed E-state index contributed by atoms with van der Waals surface area (Å²) >= 11 is 0. The van der Waals surface area contributed by atoms with Crippen LogP contribution in [0.1, 0.15) is 42.0 Å². The zero-order chi connectivity index (χ0) is 37.0. The Hall–Kier alpha value is -5.96. The summed E-state index contributed by atoms with van der Waals surface area (Å²) in [4.78, 5) is 2.77. The van der Waals surface area contributed by atoms with Gasteiger partial charge in [-0.05, 0) is 76.4 Å². The van der Waals surface area contributed by atoms with Crippen LogP contribution in [0, 0.1) is 17.8 Å². The van der Waals surface area contributed by atoms with Crippen LogP contribution in [0.5, 0.6) is 0 Å². The second-order valence-electron chi connectivity index (χ2n) is 16.3. The van der Waals surface area contributed by atoms with Gasteiger partial charge in [0.05, 0.1) is 6.04 Å². The number of likely N-dealkylation sites (tertiary alicyclic amines) is 1. The van der Waals surface area contributed by atoms with E-state index in [4.69, 9.17) is 0 Å². The molecule has 272 valence electrons. The maximum atomic E-state index is 2.77. The van der Waals surface area contributed by atoms with Gasteiger partial charge in [-0.25, -0.2) is 0 Å². The molecule has 2 heterocycles. The summed E-state index contributed by atoms with van der Waals surface area (Å²) in [7, 11) is 0. The van der Waals surface area contributed by atoms with E-state index in [1.807, 2.05) is 0 Å². The van der Waals surface area contributed by atoms with Crippen LogP contribution in [0.2, 0.25) is 0 Å². The Morgan fingerprint density at radius 3 is 2.12 bits per heavy atom. The van der Waals surface area contributed by atoms with Crippen LogP contribution in [0.4, 0.5) is 0 Å². The van der Waals surface area contributed by atoms with Gasteiger partial charge in [0.2, 0.25) is 0 Å². The van der Waals surface area contributed by atoms with E-state index >= 15 is 0 Å². The van der Waals surface area contributed by atoms with Crippen LogP contribution in [0.15, 0.2) is 206 Å². The molecule has 1 saturated heterocycles. The first kappa shape index (κ1) is 33.4. The molecule has 11 rings (SSSR count). The number of nitrogens with zero attached hydrogens (tertiary/aromatic N) is 2. The Labute approximate surface area is 330 Å². The topological polar surface area (TPSA) is 8.17 Å². The largest absolute Gasteiger partial charge is 0.333 e. The van der Waals surface area contributed by atoms with Crippen molar-refractivity contribution in [3.8, 4) is 0 Å². The van der Waals surface area contributed by atoms with Crippen molar-refractivity contribution in [2.24, 2.45) is 17.8 Å². The highest BCUT2D eigenvalue weighted by molar-refractivity contribution is 6.09. The molecule has 0 bridgehead atoms. The number of aromatic nitrogens is 1. The molecule has 0 radical (unpaired) electrons. The fourth-order valence-electron chi connectivity index (χ4n) is 10.6. The normalized spacial score (nSPS) is 27.9. The molecule has 1 aliphatic heterocycles. The zero-order valence-corrected chi connectivity index (χ0v) is 31.6. The average molecular weight is 723 g/mol. The van der Waals surface area contributed by atoms with E-state index in [2.05, 4.69) is 210 Å². The summed E-state index contributed by atoms with van der Waals surface area (Å²) in [5.74, 6) is 1.36. The van der Waals surface area contributed by atoms with Crippen molar-refractivity contribution < 1.29 is 0 Å². The van der Waals surface area contributed by atoms with Crippen molar-refractivity contribution in [2.45, 2.75) is 43.4 Å². The second-order valence-corrected chi connectivity index (χ2v) is 16.3. The molecule has 0 amide bonds. The highest BCUT2D eigenvalue weighted by atomic mass is 15.2. The van der Waals surface area contributed by atoms with Gasteiger partial charge in [-0.1, -0.05) is 182 Å². The number of benzene rings is 4. The number of allylic oxidation sites excluding steroid dienone is 14. The van der Waals surface area contributed by atoms with E-state index in [1.165, 1.54) is 60.8 Å². The number of para-hydroxylation sites is 1. The first-order valence-electron chi connectivity index (χ1n) is 20.6. The van der Waals surface area contributed by atoms with Crippen LogP contribution < -0.4 is 0 Å². The molecule has 5 aliphatic carbocycles. The maximum absolute atomic E-state index is 2.77. The Morgan fingerprint density at radius 1 is 0.500 bits per heavy atom. The molecule has 1 fully saturated rings. The van der Waals surface area contributed by atoms with Gasteiger partial charge in [0.25, 0.3) is 0 Å². The van der Waals surface area contributed by atoms with Crippen LogP contribution >= 0.6 is 0 Å². The van der Waals surface area contributed by atoms with Gasteiger partial charge in [0.1, 0.15) is 0 Å². The monoisotopic (exact) mass is 722 g/mol. The predicted octanol–water partition coefficient (Wildman–Crippen LogP) is 12.7. The third-order valence-electron chi connectivity index (χ3n) is 13.1. The fraction of sp³-hybridized carbons (Fsp3) is 0.185. The molecule has 0 N–H and O–H groups in total. The van der Waals surface area contributed by atoms with Gasteiger partial charge in [-0.15, -0.1) is 0 Å². The van der Waals surface area contributed by atoms with Crippen LogP contribution in [0.25, 0.3) is 38.5 Å². The molecule has 5 aromatic rings. The molecule has 4 aromatic carbocycles. The second kappa shape index (κ2) is 14.0. The lowest BCUT2D eigenvalue weighted by Gasteiger charge is -2.36. The Bertz CT molecular complexity index is 2650. The van der Waals surface area contributed by atoms with Crippen molar-refractivity contribution in [3.63, 3.8) is 0 Å². The molecule has 6 aliphatic rings. The summed E-state index contributed by atoms with van der Waals surface area (Å²) in [6.45, 7) is 0. The van der Waals surface area contributed by atoms with Crippen LogP contribution in [0.3, 0.4) is 0 Å². The van der Waals surface area contributed by atoms with E-state index < -0.39 is 0 Å². The van der Waals surface area contributed by atoms with Crippen molar-refractivity contribution >= 4 is 38.5 Å². The number of hydrogen-bond donors (Lipinski definition) is 0. The lowest BCUT2D eigenvalue weighted by molar-refractivity contribution is 0.192. The van der Waals surface area contributed by atoms with Gasteiger partial charge in [-0.2, -0.15) is 0 Å².